The molecule has 0 radical (unpaired) electrons. The number of thioether (sulfide) groups is 1. The first-order valence-electron chi connectivity index (χ1n) is 12.7. The normalized spacial score (nSPS) is 21.9. The lowest BCUT2D eigenvalue weighted by Crippen LogP contribution is -2.58. The summed E-state index contributed by atoms with van der Waals surface area (Å²) in [6.07, 6.45) is 3.35. The zero-order valence-corrected chi connectivity index (χ0v) is 23.8. The Kier molecular flexibility index (Phi) is 8.43. The molecular formula is C31H29ClN2O3S2. The summed E-state index contributed by atoms with van der Waals surface area (Å²) >= 11 is 8.85. The summed E-state index contributed by atoms with van der Waals surface area (Å²) in [5.41, 5.74) is 2.95. The van der Waals surface area contributed by atoms with Crippen LogP contribution in [-0.4, -0.2) is 43.2 Å². The quantitative estimate of drug-likeness (QED) is 0.245. The van der Waals surface area contributed by atoms with Gasteiger partial charge in [0.15, 0.2) is 5.78 Å². The molecule has 2 saturated heterocycles. The number of ether oxygens (including phenoxy) is 1. The van der Waals surface area contributed by atoms with Crippen LogP contribution in [0.3, 0.4) is 0 Å². The summed E-state index contributed by atoms with van der Waals surface area (Å²) in [5, 5.41) is 4.64. The third-order valence-corrected chi connectivity index (χ3v) is 9.62. The summed E-state index contributed by atoms with van der Waals surface area (Å²) in [7, 11) is 0. The van der Waals surface area contributed by atoms with Crippen LogP contribution in [0, 0.1) is 0 Å². The number of carbonyl (C=O) groups is 2. The number of Topliss-reactive ketones (excluding diaryl/α,β-unsaturated/α-hetero) is 1. The number of nitrogens with zero attached hydrogens (tertiary/aromatic N) is 1. The number of halogens is 1. The zero-order valence-electron chi connectivity index (χ0n) is 21.4. The van der Waals surface area contributed by atoms with Crippen molar-refractivity contribution in [3.63, 3.8) is 0 Å². The number of hydrogen-bond acceptors (Lipinski definition) is 6. The van der Waals surface area contributed by atoms with Crippen molar-refractivity contribution in [2.24, 2.45) is 0 Å². The molecule has 0 bridgehead atoms. The first-order valence-corrected chi connectivity index (χ1v) is 14.8. The predicted molar refractivity (Wildman–Crippen MR) is 162 cm³/mol. The first kappa shape index (κ1) is 27.5. The molecule has 1 N–H and O–H groups in total. The van der Waals surface area contributed by atoms with Gasteiger partial charge in [0.05, 0.1) is 18.8 Å². The van der Waals surface area contributed by atoms with Crippen LogP contribution >= 0.6 is 34.7 Å². The van der Waals surface area contributed by atoms with Gasteiger partial charge in [0, 0.05) is 40.0 Å². The number of benzene rings is 2. The Morgan fingerprint density at radius 3 is 2.46 bits per heavy atom. The third kappa shape index (κ3) is 5.77. The average Bonchev–Trinajstić information content (AvgIpc) is 3.46. The van der Waals surface area contributed by atoms with Crippen LogP contribution in [0.2, 0.25) is 0 Å². The molecule has 2 fully saturated rings. The molecule has 2 atom stereocenters. The van der Waals surface area contributed by atoms with Crippen LogP contribution in [0.5, 0.6) is 0 Å². The number of piperidine rings is 1. The Balaban J connectivity index is 1.52. The minimum atomic E-state index is -0.988. The van der Waals surface area contributed by atoms with E-state index in [4.69, 9.17) is 16.3 Å². The van der Waals surface area contributed by atoms with E-state index >= 15 is 0 Å². The molecule has 2 aromatic carbocycles. The summed E-state index contributed by atoms with van der Waals surface area (Å²) in [5.74, 6) is -0.518. The highest BCUT2D eigenvalue weighted by atomic mass is 35.5. The lowest BCUT2D eigenvalue weighted by molar-refractivity contribution is -0.132. The third-order valence-electron chi connectivity index (χ3n) is 6.97. The number of anilines is 1. The van der Waals surface area contributed by atoms with Crippen LogP contribution in [0.1, 0.15) is 17.5 Å². The standard InChI is InChI=1S/C31H29ClN2O3S2/c1-3-7-27(21(2)32)39-29-26(35)19-31(33-30(29)36,24-18-28(38-20-24)22-8-5-4-6-9-22)23-10-12-25(13-11-23)34-14-16-37-17-15-34/h3-13,18,20,29H,1-2,14-17,19H2,(H,33,36)/b27-7+. The van der Waals surface area contributed by atoms with E-state index in [0.29, 0.717) is 18.1 Å². The Labute approximate surface area is 242 Å². The number of hydrogen-bond donors (Lipinski definition) is 1. The number of morpholine rings is 1. The highest BCUT2D eigenvalue weighted by Gasteiger charge is 2.48. The van der Waals surface area contributed by atoms with E-state index in [1.807, 2.05) is 35.7 Å². The molecule has 2 unspecified atom stereocenters. The van der Waals surface area contributed by atoms with E-state index in [2.05, 4.69) is 53.7 Å². The van der Waals surface area contributed by atoms with Crippen molar-refractivity contribution in [3.05, 3.63) is 112 Å². The highest BCUT2D eigenvalue weighted by molar-refractivity contribution is 8.05. The summed E-state index contributed by atoms with van der Waals surface area (Å²) in [6, 6.07) is 20.4. The topological polar surface area (TPSA) is 58.6 Å². The van der Waals surface area contributed by atoms with E-state index < -0.39 is 10.8 Å². The van der Waals surface area contributed by atoms with Crippen LogP contribution in [-0.2, 0) is 19.9 Å². The van der Waals surface area contributed by atoms with Crippen LogP contribution in [0.4, 0.5) is 5.69 Å². The molecule has 5 rings (SSSR count). The molecule has 0 spiro atoms. The SMILES string of the molecule is C=C/C=C(/SC1C(=O)CC(c2ccc(N3CCOCC3)cc2)(c2csc(-c3ccccc3)c2)NC1=O)C(=C)Cl. The van der Waals surface area contributed by atoms with Gasteiger partial charge in [-0.05, 0) is 46.3 Å². The summed E-state index contributed by atoms with van der Waals surface area (Å²) < 4.78 is 5.49. The molecule has 0 aliphatic carbocycles. The molecule has 1 aromatic heterocycles. The van der Waals surface area contributed by atoms with Gasteiger partial charge < -0.3 is 15.0 Å². The van der Waals surface area contributed by atoms with Gasteiger partial charge in [-0.2, -0.15) is 0 Å². The van der Waals surface area contributed by atoms with E-state index in [1.54, 1.807) is 23.5 Å². The highest BCUT2D eigenvalue weighted by Crippen LogP contribution is 2.43. The van der Waals surface area contributed by atoms with Gasteiger partial charge in [0.1, 0.15) is 5.25 Å². The second-order valence-electron chi connectivity index (χ2n) is 9.42. The lowest BCUT2D eigenvalue weighted by atomic mass is 9.77. The van der Waals surface area contributed by atoms with Crippen molar-refractivity contribution in [2.45, 2.75) is 17.2 Å². The monoisotopic (exact) mass is 576 g/mol. The molecule has 200 valence electrons. The van der Waals surface area contributed by atoms with Gasteiger partial charge >= 0.3 is 0 Å². The molecule has 5 nitrogen and oxygen atoms in total. The number of nitrogens with one attached hydrogen (secondary N) is 1. The maximum Gasteiger partial charge on any atom is 0.242 e. The molecule has 39 heavy (non-hydrogen) atoms. The molecular weight excluding hydrogens is 548 g/mol. The van der Waals surface area contributed by atoms with Gasteiger partial charge in [-0.25, -0.2) is 0 Å². The van der Waals surface area contributed by atoms with Crippen molar-refractivity contribution >= 4 is 52.1 Å². The van der Waals surface area contributed by atoms with E-state index in [1.165, 1.54) is 0 Å². The number of allylic oxidation sites excluding steroid dienone is 3. The average molecular weight is 577 g/mol. The summed E-state index contributed by atoms with van der Waals surface area (Å²) in [6.45, 7) is 10.5. The minimum absolute atomic E-state index is 0.119. The molecule has 1 amide bonds. The summed E-state index contributed by atoms with van der Waals surface area (Å²) in [4.78, 5) is 31.2. The molecule has 3 heterocycles. The fourth-order valence-electron chi connectivity index (χ4n) is 4.97. The van der Waals surface area contributed by atoms with Crippen molar-refractivity contribution in [2.75, 3.05) is 31.2 Å². The second kappa shape index (κ2) is 12.0. The zero-order chi connectivity index (χ0) is 27.4. The van der Waals surface area contributed by atoms with E-state index in [9.17, 15) is 9.59 Å². The van der Waals surface area contributed by atoms with Gasteiger partial charge in [-0.15, -0.1) is 23.1 Å². The Morgan fingerprint density at radius 2 is 1.82 bits per heavy atom. The van der Waals surface area contributed by atoms with Crippen molar-refractivity contribution < 1.29 is 14.3 Å². The smallest absolute Gasteiger partial charge is 0.242 e. The largest absolute Gasteiger partial charge is 0.378 e. The molecule has 0 saturated carbocycles. The predicted octanol–water partition coefficient (Wildman–Crippen LogP) is 6.51. The van der Waals surface area contributed by atoms with Gasteiger partial charge in [-0.3, -0.25) is 9.59 Å². The number of rotatable bonds is 8. The van der Waals surface area contributed by atoms with Crippen molar-refractivity contribution in [1.29, 1.82) is 0 Å². The molecule has 3 aromatic rings. The van der Waals surface area contributed by atoms with E-state index in [0.717, 1.165) is 52.1 Å². The first-order chi connectivity index (χ1) is 18.9. The maximum absolute atomic E-state index is 13.7. The number of thiophene rings is 1. The molecule has 2 aliphatic heterocycles. The second-order valence-corrected chi connectivity index (χ2v) is 11.9. The van der Waals surface area contributed by atoms with Crippen LogP contribution < -0.4 is 10.2 Å². The van der Waals surface area contributed by atoms with Gasteiger partial charge in [0.2, 0.25) is 5.91 Å². The fraction of sp³-hybridized carbons (Fsp3) is 0.226. The number of carbonyl (C=O) groups excluding carboxylic acids is 2. The van der Waals surface area contributed by atoms with Crippen LogP contribution in [0.15, 0.2) is 101 Å². The lowest BCUT2D eigenvalue weighted by Gasteiger charge is -2.40. The maximum atomic E-state index is 13.7. The number of ketones is 1. The van der Waals surface area contributed by atoms with Crippen molar-refractivity contribution in [1.82, 2.24) is 5.32 Å². The van der Waals surface area contributed by atoms with Crippen molar-refractivity contribution in [3.8, 4) is 10.4 Å². The van der Waals surface area contributed by atoms with Crippen LogP contribution in [0.25, 0.3) is 10.4 Å². The molecule has 8 heteroatoms. The minimum Gasteiger partial charge on any atom is -0.378 e. The fourth-order valence-corrected chi connectivity index (χ4v) is 7.10. The molecule has 2 aliphatic rings. The number of amides is 1. The van der Waals surface area contributed by atoms with E-state index in [-0.39, 0.29) is 23.1 Å². The Morgan fingerprint density at radius 1 is 1.10 bits per heavy atom. The van der Waals surface area contributed by atoms with Gasteiger partial charge in [-0.1, -0.05) is 73.3 Å². The Bertz CT molecular complexity index is 1390. The van der Waals surface area contributed by atoms with Gasteiger partial charge in [0.25, 0.3) is 0 Å². The Hall–Kier alpha value is -3.10.